The number of likely N-dealkylation sites (N-methyl/N-ethyl adjacent to an activating group) is 1. The Morgan fingerprint density at radius 3 is 2.50 bits per heavy atom. The molecule has 1 N–H and O–H groups in total. The number of carboxylic acids is 1. The average molecular weight is 377 g/mol. The molecule has 26 heavy (non-hydrogen) atoms. The van der Waals surface area contributed by atoms with Gasteiger partial charge in [0, 0.05) is 4.90 Å². The summed E-state index contributed by atoms with van der Waals surface area (Å²) in [7, 11) is 0. The van der Waals surface area contributed by atoms with Crippen molar-refractivity contribution in [1.29, 1.82) is 0 Å². The van der Waals surface area contributed by atoms with Gasteiger partial charge in [0.05, 0.1) is 12.6 Å². The first kappa shape index (κ1) is 20.3. The molecule has 140 valence electrons. The standard InChI is InChI=1S/C20H24FNO3S/c1-3-18(22(4-2)14-19(23)24)20(25-16-10-6-5-7-11-16)26-17-12-8-9-15(21)13-17/h5-13,18,20H,3-4,14H2,1-2H3,(H,23,24)/t18-,20-/m0/s1. The number of aliphatic carboxylic acids is 1. The van der Waals surface area contributed by atoms with E-state index in [1.54, 1.807) is 6.07 Å². The van der Waals surface area contributed by atoms with Gasteiger partial charge in [0.1, 0.15) is 11.6 Å². The molecule has 0 fully saturated rings. The molecule has 6 heteroatoms. The van der Waals surface area contributed by atoms with Gasteiger partial charge in [0.25, 0.3) is 0 Å². The molecular formula is C20H24FNO3S. The summed E-state index contributed by atoms with van der Waals surface area (Å²) in [6, 6.07) is 15.6. The summed E-state index contributed by atoms with van der Waals surface area (Å²) >= 11 is 1.40. The highest BCUT2D eigenvalue weighted by molar-refractivity contribution is 7.99. The second-order valence-corrected chi connectivity index (χ2v) is 6.98. The van der Waals surface area contributed by atoms with Crippen molar-refractivity contribution in [3.63, 3.8) is 0 Å². The van der Waals surface area contributed by atoms with Crippen LogP contribution in [0.2, 0.25) is 0 Å². The number of carbonyl (C=O) groups is 1. The normalized spacial score (nSPS) is 13.4. The zero-order chi connectivity index (χ0) is 18.9. The van der Waals surface area contributed by atoms with Crippen LogP contribution in [0.25, 0.3) is 0 Å². The van der Waals surface area contributed by atoms with Crippen molar-refractivity contribution in [3.05, 3.63) is 60.4 Å². The van der Waals surface area contributed by atoms with E-state index in [1.807, 2.05) is 55.1 Å². The first-order valence-electron chi connectivity index (χ1n) is 8.63. The second-order valence-electron chi connectivity index (χ2n) is 5.81. The molecule has 2 atom stereocenters. The highest BCUT2D eigenvalue weighted by atomic mass is 32.2. The van der Waals surface area contributed by atoms with Gasteiger partial charge in [-0.3, -0.25) is 9.69 Å². The van der Waals surface area contributed by atoms with E-state index >= 15 is 0 Å². The van der Waals surface area contributed by atoms with Gasteiger partial charge < -0.3 is 9.84 Å². The highest BCUT2D eigenvalue weighted by Gasteiger charge is 2.29. The van der Waals surface area contributed by atoms with E-state index in [9.17, 15) is 14.3 Å². The number of rotatable bonds is 10. The predicted molar refractivity (Wildman–Crippen MR) is 102 cm³/mol. The van der Waals surface area contributed by atoms with Gasteiger partial charge in [-0.1, -0.05) is 49.9 Å². The molecule has 0 saturated carbocycles. The summed E-state index contributed by atoms with van der Waals surface area (Å²) in [5, 5.41) is 9.22. The molecule has 0 radical (unpaired) electrons. The summed E-state index contributed by atoms with van der Waals surface area (Å²) < 4.78 is 19.8. The molecule has 0 aliphatic rings. The van der Waals surface area contributed by atoms with Crippen molar-refractivity contribution in [1.82, 2.24) is 4.90 Å². The van der Waals surface area contributed by atoms with Crippen molar-refractivity contribution in [3.8, 4) is 5.75 Å². The van der Waals surface area contributed by atoms with Crippen LogP contribution in [-0.4, -0.2) is 40.5 Å². The predicted octanol–water partition coefficient (Wildman–Crippen LogP) is 4.51. The van der Waals surface area contributed by atoms with Crippen LogP contribution in [0.15, 0.2) is 59.5 Å². The van der Waals surface area contributed by atoms with E-state index in [0.717, 1.165) is 4.90 Å². The smallest absolute Gasteiger partial charge is 0.317 e. The monoisotopic (exact) mass is 377 g/mol. The van der Waals surface area contributed by atoms with Gasteiger partial charge in [-0.25, -0.2) is 4.39 Å². The number of hydrogen-bond donors (Lipinski definition) is 1. The van der Waals surface area contributed by atoms with E-state index < -0.39 is 5.97 Å². The molecule has 2 rings (SSSR count). The topological polar surface area (TPSA) is 49.8 Å². The van der Waals surface area contributed by atoms with Gasteiger partial charge in [-0.2, -0.15) is 0 Å². The Morgan fingerprint density at radius 1 is 1.19 bits per heavy atom. The lowest BCUT2D eigenvalue weighted by molar-refractivity contribution is -0.139. The van der Waals surface area contributed by atoms with Crippen LogP contribution < -0.4 is 4.74 Å². The van der Waals surface area contributed by atoms with Gasteiger partial charge in [0.15, 0.2) is 5.44 Å². The maximum absolute atomic E-state index is 13.6. The molecule has 0 heterocycles. The summed E-state index contributed by atoms with van der Waals surface area (Å²) in [4.78, 5) is 13.9. The number of thioether (sulfide) groups is 1. The van der Waals surface area contributed by atoms with Crippen LogP contribution in [-0.2, 0) is 4.79 Å². The SMILES string of the molecule is CC[C@@H]([C@@H](Oc1ccccc1)Sc1cccc(F)c1)N(CC)CC(=O)O. The highest BCUT2D eigenvalue weighted by Crippen LogP contribution is 2.31. The van der Waals surface area contributed by atoms with E-state index in [4.69, 9.17) is 4.74 Å². The molecule has 0 spiro atoms. The quantitative estimate of drug-likeness (QED) is 0.488. The van der Waals surface area contributed by atoms with E-state index in [0.29, 0.717) is 18.7 Å². The second kappa shape index (κ2) is 10.2. The van der Waals surface area contributed by atoms with E-state index in [1.165, 1.54) is 23.9 Å². The fourth-order valence-electron chi connectivity index (χ4n) is 2.75. The molecule has 2 aromatic rings. The van der Waals surface area contributed by atoms with Crippen LogP contribution in [0, 0.1) is 5.82 Å². The third kappa shape index (κ3) is 6.04. The number of nitrogens with zero attached hydrogens (tertiary/aromatic N) is 1. The van der Waals surface area contributed by atoms with Gasteiger partial charge in [-0.15, -0.1) is 0 Å². The lowest BCUT2D eigenvalue weighted by Crippen LogP contribution is -2.46. The van der Waals surface area contributed by atoms with Gasteiger partial charge >= 0.3 is 5.97 Å². The average Bonchev–Trinajstić information content (AvgIpc) is 2.62. The van der Waals surface area contributed by atoms with E-state index in [2.05, 4.69) is 0 Å². The van der Waals surface area contributed by atoms with Crippen molar-refractivity contribution in [2.75, 3.05) is 13.1 Å². The molecular weight excluding hydrogens is 353 g/mol. The number of halogens is 1. The first-order chi connectivity index (χ1) is 12.5. The summed E-state index contributed by atoms with van der Waals surface area (Å²) in [6.45, 7) is 4.46. The zero-order valence-corrected chi connectivity index (χ0v) is 15.8. The van der Waals surface area contributed by atoms with Gasteiger partial charge in [-0.05, 0) is 43.3 Å². The maximum atomic E-state index is 13.6. The van der Waals surface area contributed by atoms with Crippen LogP contribution in [0.3, 0.4) is 0 Å². The maximum Gasteiger partial charge on any atom is 0.317 e. The van der Waals surface area contributed by atoms with Crippen molar-refractivity contribution in [2.24, 2.45) is 0 Å². The fourth-order valence-corrected chi connectivity index (χ4v) is 4.04. The molecule has 0 saturated heterocycles. The number of para-hydroxylation sites is 1. The Hall–Kier alpha value is -2.05. The van der Waals surface area contributed by atoms with Crippen molar-refractivity contribution < 1.29 is 19.0 Å². The van der Waals surface area contributed by atoms with Gasteiger partial charge in [0.2, 0.25) is 0 Å². The Kier molecular flexibility index (Phi) is 7.94. The minimum absolute atomic E-state index is 0.0621. The lowest BCUT2D eigenvalue weighted by Gasteiger charge is -2.34. The molecule has 4 nitrogen and oxygen atoms in total. The Morgan fingerprint density at radius 2 is 1.92 bits per heavy atom. The zero-order valence-electron chi connectivity index (χ0n) is 15.0. The summed E-state index contributed by atoms with van der Waals surface area (Å²) in [5.74, 6) is -0.481. The number of hydrogen-bond acceptors (Lipinski definition) is 4. The number of ether oxygens (including phenoxy) is 1. The molecule has 0 aliphatic carbocycles. The van der Waals surface area contributed by atoms with E-state index in [-0.39, 0.29) is 23.8 Å². The Labute approximate surface area is 158 Å². The van der Waals surface area contributed by atoms with Crippen LogP contribution in [0.1, 0.15) is 20.3 Å². The molecule has 0 amide bonds. The third-order valence-electron chi connectivity index (χ3n) is 3.99. The molecule has 0 aliphatic heterocycles. The summed E-state index contributed by atoms with van der Waals surface area (Å²) in [5.41, 5.74) is -0.372. The minimum Gasteiger partial charge on any atom is -0.480 e. The Bertz CT molecular complexity index is 698. The lowest BCUT2D eigenvalue weighted by atomic mass is 10.2. The first-order valence-corrected chi connectivity index (χ1v) is 9.51. The third-order valence-corrected chi connectivity index (χ3v) is 5.16. The fraction of sp³-hybridized carbons (Fsp3) is 0.350. The largest absolute Gasteiger partial charge is 0.480 e. The molecule has 0 bridgehead atoms. The van der Waals surface area contributed by atoms with Crippen molar-refractivity contribution >= 4 is 17.7 Å². The molecule has 2 aromatic carbocycles. The van der Waals surface area contributed by atoms with Crippen LogP contribution in [0.5, 0.6) is 5.75 Å². The summed E-state index contributed by atoms with van der Waals surface area (Å²) in [6.07, 6.45) is 0.709. The Balaban J connectivity index is 2.28. The van der Waals surface area contributed by atoms with Crippen LogP contribution >= 0.6 is 11.8 Å². The minimum atomic E-state index is -0.875. The van der Waals surface area contributed by atoms with Crippen molar-refractivity contribution in [2.45, 2.75) is 36.6 Å². The van der Waals surface area contributed by atoms with Crippen LogP contribution in [0.4, 0.5) is 4.39 Å². The number of benzene rings is 2. The number of carboxylic acid groups (broad SMARTS) is 1. The molecule has 0 aromatic heterocycles. The molecule has 0 unspecified atom stereocenters.